The Labute approximate surface area is 127 Å². The Morgan fingerprint density at radius 1 is 1.19 bits per heavy atom. The number of rotatable bonds is 6. The normalized spacial score (nSPS) is 16.9. The molecule has 0 spiro atoms. The van der Waals surface area contributed by atoms with Crippen molar-refractivity contribution in [3.05, 3.63) is 29.8 Å². The van der Waals surface area contributed by atoms with Crippen molar-refractivity contribution in [1.29, 1.82) is 0 Å². The summed E-state index contributed by atoms with van der Waals surface area (Å²) in [4.78, 5) is 15.9. The lowest BCUT2D eigenvalue weighted by molar-refractivity contribution is -0.123. The van der Waals surface area contributed by atoms with E-state index < -0.39 is 0 Å². The van der Waals surface area contributed by atoms with Crippen molar-refractivity contribution in [3.8, 4) is 0 Å². The Morgan fingerprint density at radius 2 is 1.76 bits per heavy atom. The second kappa shape index (κ2) is 7.46. The van der Waals surface area contributed by atoms with Crippen LogP contribution in [0, 0.1) is 5.92 Å². The highest BCUT2D eigenvalue weighted by Gasteiger charge is 2.22. The molecular weight excluding hydrogens is 262 g/mol. The number of anilines is 1. The summed E-state index contributed by atoms with van der Waals surface area (Å²) < 4.78 is 0. The quantitative estimate of drug-likeness (QED) is 0.873. The van der Waals surface area contributed by atoms with Crippen molar-refractivity contribution < 1.29 is 4.79 Å². The van der Waals surface area contributed by atoms with Crippen molar-refractivity contribution in [1.82, 2.24) is 4.90 Å². The molecule has 0 atom stereocenters. The minimum Gasteiger partial charge on any atom is -0.372 e. The van der Waals surface area contributed by atoms with Crippen LogP contribution in [-0.2, 0) is 11.3 Å². The molecule has 21 heavy (non-hydrogen) atoms. The molecule has 0 aliphatic carbocycles. The molecule has 1 aromatic carbocycles. The molecule has 0 aromatic heterocycles. The Kier molecular flexibility index (Phi) is 5.62. The highest BCUT2D eigenvalue weighted by Crippen LogP contribution is 2.20. The van der Waals surface area contributed by atoms with Crippen LogP contribution in [-0.4, -0.2) is 37.0 Å². The van der Waals surface area contributed by atoms with E-state index in [2.05, 4.69) is 47.9 Å². The minimum absolute atomic E-state index is 0.0753. The van der Waals surface area contributed by atoms with Gasteiger partial charge in [0.25, 0.3) is 0 Å². The number of carbonyl (C=O) groups is 1. The van der Waals surface area contributed by atoms with E-state index in [0.29, 0.717) is 0 Å². The SMILES string of the molecule is CCN(CC)c1ccc(CN2CCC(C(N)=O)CC2)cc1. The molecule has 1 aliphatic heterocycles. The average molecular weight is 289 g/mol. The lowest BCUT2D eigenvalue weighted by Crippen LogP contribution is -2.38. The van der Waals surface area contributed by atoms with Crippen molar-refractivity contribution in [2.24, 2.45) is 11.7 Å². The number of carbonyl (C=O) groups excluding carboxylic acids is 1. The lowest BCUT2D eigenvalue weighted by atomic mass is 9.96. The number of piperidine rings is 1. The highest BCUT2D eigenvalue weighted by atomic mass is 16.1. The summed E-state index contributed by atoms with van der Waals surface area (Å²) in [7, 11) is 0. The van der Waals surface area contributed by atoms with Gasteiger partial charge >= 0.3 is 0 Å². The summed E-state index contributed by atoms with van der Waals surface area (Å²) in [6, 6.07) is 8.85. The summed E-state index contributed by atoms with van der Waals surface area (Å²) in [6.07, 6.45) is 1.79. The maximum Gasteiger partial charge on any atom is 0.220 e. The van der Waals surface area contributed by atoms with Crippen molar-refractivity contribution in [3.63, 3.8) is 0 Å². The van der Waals surface area contributed by atoms with E-state index in [1.165, 1.54) is 11.3 Å². The van der Waals surface area contributed by atoms with Crippen LogP contribution in [0.3, 0.4) is 0 Å². The van der Waals surface area contributed by atoms with Gasteiger partial charge in [-0.15, -0.1) is 0 Å². The van der Waals surface area contributed by atoms with Gasteiger partial charge in [0.2, 0.25) is 5.91 Å². The van der Waals surface area contributed by atoms with Crippen LogP contribution in [0.5, 0.6) is 0 Å². The van der Waals surface area contributed by atoms with E-state index in [9.17, 15) is 4.79 Å². The Hall–Kier alpha value is -1.55. The molecule has 1 fully saturated rings. The maximum atomic E-state index is 11.2. The van der Waals surface area contributed by atoms with Gasteiger partial charge < -0.3 is 10.6 Å². The molecule has 2 N–H and O–H groups in total. The first-order valence-electron chi connectivity index (χ1n) is 7.99. The topological polar surface area (TPSA) is 49.6 Å². The smallest absolute Gasteiger partial charge is 0.220 e. The van der Waals surface area contributed by atoms with E-state index in [4.69, 9.17) is 5.73 Å². The first-order chi connectivity index (χ1) is 10.1. The zero-order valence-electron chi connectivity index (χ0n) is 13.2. The number of nitrogens with zero attached hydrogens (tertiary/aromatic N) is 2. The molecule has 1 heterocycles. The van der Waals surface area contributed by atoms with Crippen molar-refractivity contribution >= 4 is 11.6 Å². The van der Waals surface area contributed by atoms with Crippen LogP contribution in [0.4, 0.5) is 5.69 Å². The highest BCUT2D eigenvalue weighted by molar-refractivity contribution is 5.76. The third kappa shape index (κ3) is 4.21. The molecule has 4 heteroatoms. The summed E-state index contributed by atoms with van der Waals surface area (Å²) in [5, 5.41) is 0. The van der Waals surface area contributed by atoms with Crippen LogP contribution in [0.15, 0.2) is 24.3 Å². The predicted octanol–water partition coefficient (Wildman–Crippen LogP) is 2.23. The van der Waals surface area contributed by atoms with Gasteiger partial charge in [0.05, 0.1) is 0 Å². The molecule has 1 aromatic rings. The Morgan fingerprint density at radius 3 is 2.24 bits per heavy atom. The molecule has 1 amide bonds. The molecule has 116 valence electrons. The van der Waals surface area contributed by atoms with Gasteiger partial charge in [0.15, 0.2) is 0 Å². The van der Waals surface area contributed by atoms with E-state index in [-0.39, 0.29) is 11.8 Å². The van der Waals surface area contributed by atoms with E-state index in [1.54, 1.807) is 0 Å². The van der Waals surface area contributed by atoms with Crippen LogP contribution in [0.2, 0.25) is 0 Å². The fraction of sp³-hybridized carbons (Fsp3) is 0.588. The van der Waals surface area contributed by atoms with Crippen LogP contribution < -0.4 is 10.6 Å². The van der Waals surface area contributed by atoms with Crippen molar-refractivity contribution in [2.45, 2.75) is 33.2 Å². The molecule has 1 aliphatic rings. The van der Waals surface area contributed by atoms with Crippen molar-refractivity contribution in [2.75, 3.05) is 31.1 Å². The summed E-state index contributed by atoms with van der Waals surface area (Å²) >= 11 is 0. The van der Waals surface area contributed by atoms with Crippen LogP contribution in [0.1, 0.15) is 32.3 Å². The molecule has 1 saturated heterocycles. The lowest BCUT2D eigenvalue weighted by Gasteiger charge is -2.30. The predicted molar refractivity (Wildman–Crippen MR) is 87.2 cm³/mol. The third-order valence-electron chi connectivity index (χ3n) is 4.46. The second-order valence-corrected chi connectivity index (χ2v) is 5.79. The molecule has 2 rings (SSSR count). The van der Waals surface area contributed by atoms with Gasteiger partial charge in [-0.2, -0.15) is 0 Å². The number of hydrogen-bond acceptors (Lipinski definition) is 3. The van der Waals surface area contributed by atoms with Gasteiger partial charge in [0.1, 0.15) is 0 Å². The zero-order chi connectivity index (χ0) is 15.2. The second-order valence-electron chi connectivity index (χ2n) is 5.79. The third-order valence-corrected chi connectivity index (χ3v) is 4.46. The van der Waals surface area contributed by atoms with Gasteiger partial charge in [0, 0.05) is 31.2 Å². The first-order valence-corrected chi connectivity index (χ1v) is 7.99. The number of hydrogen-bond donors (Lipinski definition) is 1. The molecule has 0 unspecified atom stereocenters. The Balaban J connectivity index is 1.88. The Bertz CT molecular complexity index is 446. The van der Waals surface area contributed by atoms with Gasteiger partial charge in [-0.1, -0.05) is 12.1 Å². The molecule has 4 nitrogen and oxygen atoms in total. The standard InChI is InChI=1S/C17H27N3O/c1-3-20(4-2)16-7-5-14(6-8-16)13-19-11-9-15(10-12-19)17(18)21/h5-8,15H,3-4,9-13H2,1-2H3,(H2,18,21). The fourth-order valence-electron chi connectivity index (χ4n) is 3.03. The largest absolute Gasteiger partial charge is 0.372 e. The van der Waals surface area contributed by atoms with Gasteiger partial charge in [-0.3, -0.25) is 9.69 Å². The number of primary amides is 1. The monoisotopic (exact) mass is 289 g/mol. The zero-order valence-corrected chi connectivity index (χ0v) is 13.2. The van der Waals surface area contributed by atoms with E-state index in [1.807, 2.05) is 0 Å². The fourth-order valence-corrected chi connectivity index (χ4v) is 3.03. The van der Waals surface area contributed by atoms with E-state index >= 15 is 0 Å². The molecule has 0 radical (unpaired) electrons. The molecular formula is C17H27N3O. The average Bonchev–Trinajstić information content (AvgIpc) is 2.51. The number of likely N-dealkylation sites (tertiary alicyclic amines) is 1. The summed E-state index contributed by atoms with van der Waals surface area (Å²) in [6.45, 7) is 9.33. The van der Waals surface area contributed by atoms with Gasteiger partial charge in [-0.25, -0.2) is 0 Å². The van der Waals surface area contributed by atoms with Gasteiger partial charge in [-0.05, 0) is 57.5 Å². The number of amides is 1. The first kappa shape index (κ1) is 15.8. The van der Waals surface area contributed by atoms with Crippen LogP contribution in [0.25, 0.3) is 0 Å². The summed E-state index contributed by atoms with van der Waals surface area (Å²) in [5.74, 6) is -0.0653. The number of benzene rings is 1. The molecule has 0 bridgehead atoms. The van der Waals surface area contributed by atoms with E-state index in [0.717, 1.165) is 45.6 Å². The maximum absolute atomic E-state index is 11.2. The molecule has 0 saturated carbocycles. The minimum atomic E-state index is -0.141. The summed E-state index contributed by atoms with van der Waals surface area (Å²) in [5.41, 5.74) is 8.00. The number of nitrogens with two attached hydrogens (primary N) is 1. The van der Waals surface area contributed by atoms with Crippen LogP contribution >= 0.6 is 0 Å².